The predicted octanol–water partition coefficient (Wildman–Crippen LogP) is 0.0568. The molecule has 1 fully saturated rings. The van der Waals surface area contributed by atoms with Gasteiger partial charge in [0.05, 0.1) is 6.54 Å². The first-order chi connectivity index (χ1) is 5.68. The molecule has 0 unspecified atom stereocenters. The SMILES string of the molecule is CO[C@@H]1NC(=O)[C@H]2N=NC[C@]21Br. The monoisotopic (exact) mass is 233 g/mol. The highest BCUT2D eigenvalue weighted by Gasteiger charge is 2.57. The molecule has 1 amide bonds. The molecule has 1 saturated heterocycles. The average Bonchev–Trinajstić information content (AvgIpc) is 2.51. The van der Waals surface area contributed by atoms with Crippen LogP contribution < -0.4 is 5.32 Å². The molecule has 6 heteroatoms. The van der Waals surface area contributed by atoms with E-state index in [0.717, 1.165) is 0 Å². The van der Waals surface area contributed by atoms with E-state index in [2.05, 4.69) is 31.5 Å². The van der Waals surface area contributed by atoms with Crippen LogP contribution in [0, 0.1) is 0 Å². The van der Waals surface area contributed by atoms with Gasteiger partial charge in [-0.15, -0.1) is 0 Å². The fraction of sp³-hybridized carbons (Fsp3) is 0.833. The smallest absolute Gasteiger partial charge is 0.250 e. The minimum Gasteiger partial charge on any atom is -0.360 e. The first-order valence-corrected chi connectivity index (χ1v) is 4.36. The number of carbonyl (C=O) groups excluding carboxylic acids is 1. The largest absolute Gasteiger partial charge is 0.360 e. The number of hydrogen-bond donors (Lipinski definition) is 1. The Bertz CT molecular complexity index is 257. The summed E-state index contributed by atoms with van der Waals surface area (Å²) in [5.41, 5.74) is 0. The van der Waals surface area contributed by atoms with Crippen molar-refractivity contribution in [3.8, 4) is 0 Å². The number of amides is 1. The Morgan fingerprint density at radius 2 is 2.58 bits per heavy atom. The summed E-state index contributed by atoms with van der Waals surface area (Å²) >= 11 is 3.44. The minimum atomic E-state index is -0.459. The van der Waals surface area contributed by atoms with Gasteiger partial charge in [0.2, 0.25) is 5.91 Å². The highest BCUT2D eigenvalue weighted by atomic mass is 79.9. The van der Waals surface area contributed by atoms with Gasteiger partial charge in [-0.25, -0.2) is 0 Å². The number of alkyl halides is 1. The van der Waals surface area contributed by atoms with Crippen LogP contribution >= 0.6 is 15.9 Å². The van der Waals surface area contributed by atoms with E-state index in [4.69, 9.17) is 4.74 Å². The fourth-order valence-corrected chi connectivity index (χ4v) is 2.21. The zero-order chi connectivity index (χ0) is 8.77. The number of nitrogens with zero attached hydrogens (tertiary/aromatic N) is 2. The molecule has 0 bridgehead atoms. The molecule has 3 atom stereocenters. The zero-order valence-corrected chi connectivity index (χ0v) is 8.04. The van der Waals surface area contributed by atoms with E-state index < -0.39 is 10.4 Å². The molecule has 0 aromatic heterocycles. The van der Waals surface area contributed by atoms with Crippen molar-refractivity contribution in [1.82, 2.24) is 5.32 Å². The van der Waals surface area contributed by atoms with Crippen LogP contribution in [0.5, 0.6) is 0 Å². The third kappa shape index (κ3) is 0.847. The molecule has 2 rings (SSSR count). The molecule has 12 heavy (non-hydrogen) atoms. The summed E-state index contributed by atoms with van der Waals surface area (Å²) in [4.78, 5) is 11.3. The van der Waals surface area contributed by atoms with E-state index in [1.807, 2.05) is 0 Å². The van der Waals surface area contributed by atoms with E-state index in [9.17, 15) is 4.79 Å². The summed E-state index contributed by atoms with van der Waals surface area (Å²) in [6, 6.07) is -0.428. The van der Waals surface area contributed by atoms with E-state index in [0.29, 0.717) is 6.54 Å². The van der Waals surface area contributed by atoms with E-state index in [1.165, 1.54) is 0 Å². The summed E-state index contributed by atoms with van der Waals surface area (Å²) in [6.45, 7) is 0.481. The average molecular weight is 234 g/mol. The second-order valence-electron chi connectivity index (χ2n) is 2.87. The highest BCUT2D eigenvalue weighted by Crippen LogP contribution is 2.38. The van der Waals surface area contributed by atoms with E-state index >= 15 is 0 Å². The number of azo groups is 1. The molecule has 0 aliphatic carbocycles. The van der Waals surface area contributed by atoms with Gasteiger partial charge in [0.1, 0.15) is 10.6 Å². The topological polar surface area (TPSA) is 63.0 Å². The van der Waals surface area contributed by atoms with Crippen LogP contribution in [0.4, 0.5) is 0 Å². The van der Waals surface area contributed by atoms with Gasteiger partial charge >= 0.3 is 0 Å². The fourth-order valence-electron chi connectivity index (χ4n) is 1.49. The van der Waals surface area contributed by atoms with Gasteiger partial charge in [0.15, 0.2) is 6.04 Å². The molecule has 5 nitrogen and oxygen atoms in total. The minimum absolute atomic E-state index is 0.125. The molecule has 0 aromatic carbocycles. The highest BCUT2D eigenvalue weighted by molar-refractivity contribution is 9.10. The Labute approximate surface area is 77.7 Å². The first kappa shape index (κ1) is 8.12. The van der Waals surface area contributed by atoms with Crippen LogP contribution in [-0.4, -0.2) is 36.2 Å². The third-order valence-corrected chi connectivity index (χ3v) is 3.26. The lowest BCUT2D eigenvalue weighted by Crippen LogP contribution is -2.43. The van der Waals surface area contributed by atoms with Crippen molar-refractivity contribution in [2.24, 2.45) is 10.2 Å². The molecule has 0 saturated carbocycles. The lowest BCUT2D eigenvalue weighted by atomic mass is 10.0. The molecule has 1 N–H and O–H groups in total. The van der Waals surface area contributed by atoms with Gasteiger partial charge < -0.3 is 10.1 Å². The van der Waals surface area contributed by atoms with Gasteiger partial charge in [-0.2, -0.15) is 10.2 Å². The van der Waals surface area contributed by atoms with Gasteiger partial charge in [-0.05, 0) is 0 Å². The van der Waals surface area contributed by atoms with Crippen LogP contribution in [-0.2, 0) is 9.53 Å². The van der Waals surface area contributed by atoms with Gasteiger partial charge in [0, 0.05) is 7.11 Å². The Kier molecular flexibility index (Phi) is 1.69. The molecule has 2 aliphatic rings. The first-order valence-electron chi connectivity index (χ1n) is 3.57. The number of ether oxygens (including phenoxy) is 1. The molecule has 2 aliphatic heterocycles. The van der Waals surface area contributed by atoms with E-state index in [1.54, 1.807) is 7.11 Å². The molecule has 2 heterocycles. The van der Waals surface area contributed by atoms with Crippen LogP contribution in [0.3, 0.4) is 0 Å². The van der Waals surface area contributed by atoms with Crippen molar-refractivity contribution in [3.63, 3.8) is 0 Å². The molecular weight excluding hydrogens is 226 g/mol. The van der Waals surface area contributed by atoms with Crippen LogP contribution in [0.1, 0.15) is 0 Å². The number of halogens is 1. The summed E-state index contributed by atoms with van der Waals surface area (Å²) < 4.78 is 4.64. The summed E-state index contributed by atoms with van der Waals surface area (Å²) in [5, 5.41) is 10.3. The van der Waals surface area contributed by atoms with Crippen molar-refractivity contribution in [2.75, 3.05) is 13.7 Å². The number of nitrogens with one attached hydrogen (secondary N) is 1. The van der Waals surface area contributed by atoms with Gasteiger partial charge in [-0.3, -0.25) is 4.79 Å². The van der Waals surface area contributed by atoms with Crippen LogP contribution in [0.25, 0.3) is 0 Å². The number of hydrogen-bond acceptors (Lipinski definition) is 4. The summed E-state index contributed by atoms with van der Waals surface area (Å²) in [5.74, 6) is -0.125. The van der Waals surface area contributed by atoms with E-state index in [-0.39, 0.29) is 12.1 Å². The molecule has 0 radical (unpaired) electrons. The Hall–Kier alpha value is -0.490. The molecular formula is C6H8BrN3O2. The second kappa shape index (κ2) is 2.50. The Morgan fingerprint density at radius 3 is 3.25 bits per heavy atom. The van der Waals surface area contributed by atoms with Crippen LogP contribution in [0.15, 0.2) is 10.2 Å². The van der Waals surface area contributed by atoms with Crippen molar-refractivity contribution in [2.45, 2.75) is 16.6 Å². The van der Waals surface area contributed by atoms with Crippen molar-refractivity contribution < 1.29 is 9.53 Å². The van der Waals surface area contributed by atoms with Crippen molar-refractivity contribution in [3.05, 3.63) is 0 Å². The van der Waals surface area contributed by atoms with Crippen LogP contribution in [0.2, 0.25) is 0 Å². The number of fused-ring (bicyclic) bond motifs is 1. The van der Waals surface area contributed by atoms with Crippen molar-refractivity contribution in [1.29, 1.82) is 0 Å². The maximum absolute atomic E-state index is 11.3. The van der Waals surface area contributed by atoms with Crippen molar-refractivity contribution >= 4 is 21.8 Å². The third-order valence-electron chi connectivity index (χ3n) is 2.16. The number of carbonyl (C=O) groups is 1. The Morgan fingerprint density at radius 1 is 1.83 bits per heavy atom. The lowest BCUT2D eigenvalue weighted by molar-refractivity contribution is -0.121. The predicted molar refractivity (Wildman–Crippen MR) is 44.1 cm³/mol. The summed E-state index contributed by atoms with van der Waals surface area (Å²) in [6.07, 6.45) is -0.329. The quantitative estimate of drug-likeness (QED) is 0.652. The number of methoxy groups -OCH3 is 1. The molecule has 66 valence electrons. The van der Waals surface area contributed by atoms with Gasteiger partial charge in [-0.1, -0.05) is 15.9 Å². The van der Waals surface area contributed by atoms with Gasteiger partial charge in [0.25, 0.3) is 0 Å². The standard InChI is InChI=1S/C6H8BrN3O2/c1-12-5-6(7)2-8-10-3(6)4(11)9-5/h3,5H,2H2,1H3,(H,9,11)/t3-,5+,6+/m1/s1. The lowest BCUT2D eigenvalue weighted by Gasteiger charge is -2.22. The Balaban J connectivity index is 2.31. The second-order valence-corrected chi connectivity index (χ2v) is 4.35. The zero-order valence-electron chi connectivity index (χ0n) is 6.45. The normalized spacial score (nSPS) is 44.7. The maximum Gasteiger partial charge on any atom is 0.250 e. The number of rotatable bonds is 1. The molecule has 0 aromatic rings. The summed E-state index contributed by atoms with van der Waals surface area (Å²) in [7, 11) is 1.55. The maximum atomic E-state index is 11.3. The molecule has 0 spiro atoms.